The van der Waals surface area contributed by atoms with E-state index in [-0.39, 0.29) is 12.5 Å². The number of carbonyl (C=O) groups excluding carboxylic acids is 1. The number of carboxylic acids is 1. The van der Waals surface area contributed by atoms with Crippen molar-refractivity contribution >= 4 is 12.1 Å². The van der Waals surface area contributed by atoms with E-state index in [1.165, 1.54) is 89.9 Å². The molecule has 0 aliphatic heterocycles. The molecule has 0 fully saturated rings. The third kappa shape index (κ3) is 23.7. The van der Waals surface area contributed by atoms with Crippen LogP contribution in [0.2, 0.25) is 0 Å². The van der Waals surface area contributed by atoms with Gasteiger partial charge < -0.3 is 14.7 Å². The highest BCUT2D eigenvalue weighted by atomic mass is 16.6. The van der Waals surface area contributed by atoms with Gasteiger partial charge in [0.1, 0.15) is 5.60 Å². The Morgan fingerprint density at radius 1 is 0.636 bits per heavy atom. The summed E-state index contributed by atoms with van der Waals surface area (Å²) >= 11 is 0. The lowest BCUT2D eigenvalue weighted by molar-refractivity contribution is -0.137. The lowest BCUT2D eigenvalue weighted by atomic mass is 10.0. The Bertz CT molecular complexity index is 473. The van der Waals surface area contributed by atoms with Crippen molar-refractivity contribution in [1.29, 1.82) is 0 Å². The largest absolute Gasteiger partial charge is 0.481 e. The average molecular weight is 470 g/mol. The number of amides is 1. The van der Waals surface area contributed by atoms with Gasteiger partial charge in [-0.25, -0.2) is 4.79 Å². The Labute approximate surface area is 205 Å². The number of carbonyl (C=O) groups is 2. The van der Waals surface area contributed by atoms with Crippen molar-refractivity contribution < 1.29 is 19.4 Å². The lowest BCUT2D eigenvalue weighted by Gasteiger charge is -2.27. The first-order valence-corrected chi connectivity index (χ1v) is 14.0. The second-order valence-electron chi connectivity index (χ2n) is 10.6. The Morgan fingerprint density at radius 3 is 1.36 bits per heavy atom. The third-order valence-corrected chi connectivity index (χ3v) is 6.00. The summed E-state index contributed by atoms with van der Waals surface area (Å²) < 4.78 is 5.53. The summed E-state index contributed by atoms with van der Waals surface area (Å²) in [5, 5.41) is 8.79. The number of ether oxygens (including phenoxy) is 1. The zero-order chi connectivity index (χ0) is 24.8. The second-order valence-corrected chi connectivity index (χ2v) is 10.6. The van der Waals surface area contributed by atoms with Crippen LogP contribution in [0.3, 0.4) is 0 Å². The zero-order valence-corrected chi connectivity index (χ0v) is 22.5. The van der Waals surface area contributed by atoms with Gasteiger partial charge in [0, 0.05) is 19.5 Å². The minimum absolute atomic E-state index is 0.154. The predicted octanol–water partition coefficient (Wildman–Crippen LogP) is 8.74. The van der Waals surface area contributed by atoms with E-state index in [2.05, 4.69) is 6.92 Å². The molecule has 0 aliphatic rings. The van der Waals surface area contributed by atoms with Crippen molar-refractivity contribution in [3.8, 4) is 0 Å². The smallest absolute Gasteiger partial charge is 0.410 e. The van der Waals surface area contributed by atoms with Crippen molar-refractivity contribution in [3.05, 3.63) is 0 Å². The normalized spacial score (nSPS) is 11.5. The predicted molar refractivity (Wildman–Crippen MR) is 139 cm³/mol. The van der Waals surface area contributed by atoms with Crippen LogP contribution in [0.25, 0.3) is 0 Å². The summed E-state index contributed by atoms with van der Waals surface area (Å²) in [4.78, 5) is 24.9. The first kappa shape index (κ1) is 31.7. The maximum Gasteiger partial charge on any atom is 0.410 e. The Hall–Kier alpha value is -1.26. The maximum absolute atomic E-state index is 12.5. The summed E-state index contributed by atoms with van der Waals surface area (Å²) in [6.45, 7) is 9.17. The average Bonchev–Trinajstić information content (AvgIpc) is 2.73. The molecule has 0 aromatic heterocycles. The SMILES string of the molecule is CCCCCCCCCCCCCCCCCCN(CCCCC(=O)O)C(=O)OC(C)(C)C. The van der Waals surface area contributed by atoms with Gasteiger partial charge >= 0.3 is 12.1 Å². The first-order valence-electron chi connectivity index (χ1n) is 14.0. The summed E-state index contributed by atoms with van der Waals surface area (Å²) in [5.74, 6) is -0.781. The topological polar surface area (TPSA) is 66.8 Å². The van der Waals surface area contributed by atoms with Gasteiger partial charge in [0.2, 0.25) is 0 Å². The molecule has 1 N–H and O–H groups in total. The fraction of sp³-hybridized carbons (Fsp3) is 0.929. The van der Waals surface area contributed by atoms with E-state index in [0.29, 0.717) is 25.9 Å². The van der Waals surface area contributed by atoms with E-state index >= 15 is 0 Å². The minimum atomic E-state index is -0.781. The molecule has 0 rings (SSSR count). The molecule has 5 heteroatoms. The molecule has 196 valence electrons. The van der Waals surface area contributed by atoms with Crippen LogP contribution in [0.1, 0.15) is 150 Å². The molecule has 5 nitrogen and oxygen atoms in total. The molecule has 0 aliphatic carbocycles. The van der Waals surface area contributed by atoms with Gasteiger partial charge in [0.15, 0.2) is 0 Å². The monoisotopic (exact) mass is 469 g/mol. The molecule has 0 radical (unpaired) electrons. The van der Waals surface area contributed by atoms with E-state index < -0.39 is 11.6 Å². The van der Waals surface area contributed by atoms with Crippen molar-refractivity contribution in [2.45, 2.75) is 155 Å². The second kappa shape index (κ2) is 21.3. The van der Waals surface area contributed by atoms with Crippen LogP contribution in [-0.4, -0.2) is 40.8 Å². The van der Waals surface area contributed by atoms with Crippen molar-refractivity contribution in [1.82, 2.24) is 4.90 Å². The Morgan fingerprint density at radius 2 is 1.00 bits per heavy atom. The van der Waals surface area contributed by atoms with Gasteiger partial charge in [-0.05, 0) is 40.0 Å². The fourth-order valence-electron chi connectivity index (χ4n) is 4.05. The highest BCUT2D eigenvalue weighted by Gasteiger charge is 2.21. The number of unbranched alkanes of at least 4 members (excludes halogenated alkanes) is 16. The molecule has 0 saturated carbocycles. The summed E-state index contributed by atoms with van der Waals surface area (Å²) in [6.07, 6.45) is 22.5. The molecule has 0 saturated heterocycles. The number of rotatable bonds is 22. The third-order valence-electron chi connectivity index (χ3n) is 6.00. The number of nitrogens with zero attached hydrogens (tertiary/aromatic N) is 1. The Balaban J connectivity index is 3.75. The van der Waals surface area contributed by atoms with Crippen molar-refractivity contribution in [3.63, 3.8) is 0 Å². The van der Waals surface area contributed by atoms with E-state index in [0.717, 1.165) is 12.8 Å². The number of hydrogen-bond acceptors (Lipinski definition) is 3. The molecule has 33 heavy (non-hydrogen) atoms. The molecule has 0 heterocycles. The van der Waals surface area contributed by atoms with Crippen LogP contribution >= 0.6 is 0 Å². The van der Waals surface area contributed by atoms with Crippen molar-refractivity contribution in [2.75, 3.05) is 13.1 Å². The molecule has 0 aromatic carbocycles. The molecular weight excluding hydrogens is 414 g/mol. The van der Waals surface area contributed by atoms with Crippen LogP contribution in [-0.2, 0) is 9.53 Å². The summed E-state index contributed by atoms with van der Waals surface area (Å²) in [7, 11) is 0. The number of hydrogen-bond donors (Lipinski definition) is 1. The van der Waals surface area contributed by atoms with E-state index in [1.54, 1.807) is 4.90 Å². The zero-order valence-electron chi connectivity index (χ0n) is 22.5. The van der Waals surface area contributed by atoms with Gasteiger partial charge in [0.05, 0.1) is 0 Å². The standard InChI is InChI=1S/C28H55NO4/c1-5-6-7-8-9-10-11-12-13-14-15-16-17-18-19-21-24-29(25-22-20-23-26(30)31)27(32)33-28(2,3)4/h5-25H2,1-4H3,(H,30,31). The van der Waals surface area contributed by atoms with Gasteiger partial charge in [-0.3, -0.25) is 4.79 Å². The highest BCUT2D eigenvalue weighted by Crippen LogP contribution is 2.15. The molecular formula is C28H55NO4. The summed E-state index contributed by atoms with van der Waals surface area (Å²) in [5.41, 5.74) is -0.509. The van der Waals surface area contributed by atoms with Crippen LogP contribution in [0.15, 0.2) is 0 Å². The Kier molecular flexibility index (Phi) is 20.5. The molecule has 0 atom stereocenters. The van der Waals surface area contributed by atoms with Crippen molar-refractivity contribution in [2.24, 2.45) is 0 Å². The molecule has 0 unspecified atom stereocenters. The van der Waals surface area contributed by atoms with Gasteiger partial charge in [-0.1, -0.05) is 103 Å². The molecule has 1 amide bonds. The highest BCUT2D eigenvalue weighted by molar-refractivity contribution is 5.68. The van der Waals surface area contributed by atoms with E-state index in [1.807, 2.05) is 20.8 Å². The molecule has 0 spiro atoms. The van der Waals surface area contributed by atoms with Crippen LogP contribution < -0.4 is 0 Å². The molecule has 0 bridgehead atoms. The van der Waals surface area contributed by atoms with E-state index in [9.17, 15) is 9.59 Å². The maximum atomic E-state index is 12.5. The first-order chi connectivity index (χ1) is 15.8. The number of aliphatic carboxylic acids is 1. The van der Waals surface area contributed by atoms with E-state index in [4.69, 9.17) is 9.84 Å². The van der Waals surface area contributed by atoms with Gasteiger partial charge in [-0.15, -0.1) is 0 Å². The van der Waals surface area contributed by atoms with Gasteiger partial charge in [0.25, 0.3) is 0 Å². The van der Waals surface area contributed by atoms with Crippen LogP contribution in [0, 0.1) is 0 Å². The van der Waals surface area contributed by atoms with Crippen LogP contribution in [0.4, 0.5) is 4.79 Å². The lowest BCUT2D eigenvalue weighted by Crippen LogP contribution is -2.38. The van der Waals surface area contributed by atoms with Gasteiger partial charge in [-0.2, -0.15) is 0 Å². The van der Waals surface area contributed by atoms with Crippen LogP contribution in [0.5, 0.6) is 0 Å². The quantitative estimate of drug-likeness (QED) is 0.161. The minimum Gasteiger partial charge on any atom is -0.481 e. The fourth-order valence-corrected chi connectivity index (χ4v) is 4.05. The molecule has 0 aromatic rings. The number of carboxylic acid groups (broad SMARTS) is 1. The summed E-state index contributed by atoms with van der Waals surface area (Å²) in [6, 6.07) is 0.